The summed E-state index contributed by atoms with van der Waals surface area (Å²) in [4.78, 5) is 33.9. The average Bonchev–Trinajstić information content (AvgIpc) is 2.10. The van der Waals surface area contributed by atoms with E-state index in [1.807, 2.05) is 0 Å². The van der Waals surface area contributed by atoms with E-state index in [0.717, 1.165) is 0 Å². The van der Waals surface area contributed by atoms with Crippen molar-refractivity contribution in [1.29, 1.82) is 0 Å². The van der Waals surface area contributed by atoms with Crippen LogP contribution in [-0.2, 0) is 19.1 Å². The first-order chi connectivity index (χ1) is 7.49. The molecule has 17 heavy (non-hydrogen) atoms. The van der Waals surface area contributed by atoms with Crippen LogP contribution in [0.3, 0.4) is 0 Å². The van der Waals surface area contributed by atoms with Gasteiger partial charge in [-0.05, 0) is 41.0 Å². The number of carboxylic acid groups (broad SMARTS) is 1. The van der Waals surface area contributed by atoms with Gasteiger partial charge in [0.1, 0.15) is 16.8 Å². The van der Waals surface area contributed by atoms with Crippen LogP contribution in [0.5, 0.6) is 0 Å². The number of carbonyl (C=O) groups excluding carboxylic acids is 2. The van der Waals surface area contributed by atoms with Crippen LogP contribution in [0.25, 0.3) is 0 Å². The maximum atomic E-state index is 11.9. The lowest BCUT2D eigenvalue weighted by Crippen LogP contribution is -2.40. The number of Topliss-reactive ketones (excluding diaryl/α,β-unsaturated/α-hetero) is 1. The fourth-order valence-corrected chi connectivity index (χ4v) is 1.17. The molecule has 0 aliphatic heterocycles. The average molecular weight is 244 g/mol. The molecule has 98 valence electrons. The van der Waals surface area contributed by atoms with Crippen LogP contribution in [0.1, 0.15) is 47.5 Å². The van der Waals surface area contributed by atoms with Crippen molar-refractivity contribution in [1.82, 2.24) is 0 Å². The Morgan fingerprint density at radius 2 is 1.59 bits per heavy atom. The minimum atomic E-state index is -1.38. The molecule has 0 aliphatic rings. The molecule has 0 saturated heterocycles. The second kappa shape index (κ2) is 5.29. The first kappa shape index (κ1) is 15.6. The van der Waals surface area contributed by atoms with E-state index in [9.17, 15) is 14.4 Å². The molecule has 0 aliphatic carbocycles. The molecule has 1 N–H and O–H groups in total. The summed E-state index contributed by atoms with van der Waals surface area (Å²) in [5, 5.41) is 8.61. The Balaban J connectivity index is 4.88. The summed E-state index contributed by atoms with van der Waals surface area (Å²) in [6, 6.07) is 0. The molecule has 0 aromatic carbocycles. The monoisotopic (exact) mass is 244 g/mol. The topological polar surface area (TPSA) is 80.7 Å². The third-order valence-electron chi connectivity index (χ3n) is 2.47. The van der Waals surface area contributed by atoms with Crippen molar-refractivity contribution in [2.24, 2.45) is 5.41 Å². The second-order valence-electron chi connectivity index (χ2n) is 5.28. The molecule has 0 aromatic heterocycles. The van der Waals surface area contributed by atoms with E-state index in [0.29, 0.717) is 0 Å². The fraction of sp³-hybridized carbons (Fsp3) is 0.750. The SMILES string of the molecule is CC(=O)[C@@](C)(CCC(=O)O)C(=O)OC(C)(C)C. The zero-order valence-corrected chi connectivity index (χ0v) is 11.0. The number of ether oxygens (including phenoxy) is 1. The molecule has 0 unspecified atom stereocenters. The molecular formula is C12H20O5. The van der Waals surface area contributed by atoms with Gasteiger partial charge < -0.3 is 9.84 Å². The van der Waals surface area contributed by atoms with E-state index in [2.05, 4.69) is 0 Å². The minimum absolute atomic E-state index is 0.0490. The van der Waals surface area contributed by atoms with Crippen LogP contribution in [-0.4, -0.2) is 28.4 Å². The molecular weight excluding hydrogens is 224 g/mol. The van der Waals surface area contributed by atoms with Crippen molar-refractivity contribution in [3.8, 4) is 0 Å². The van der Waals surface area contributed by atoms with Crippen molar-refractivity contribution in [3.63, 3.8) is 0 Å². The van der Waals surface area contributed by atoms with Crippen LogP contribution >= 0.6 is 0 Å². The Labute approximate surface area is 101 Å². The first-order valence-electron chi connectivity index (χ1n) is 5.45. The van der Waals surface area contributed by atoms with Gasteiger partial charge in [-0.25, -0.2) is 0 Å². The number of ketones is 1. The summed E-state index contributed by atoms with van der Waals surface area (Å²) >= 11 is 0. The van der Waals surface area contributed by atoms with Crippen LogP contribution in [0.2, 0.25) is 0 Å². The molecule has 0 rings (SSSR count). The van der Waals surface area contributed by atoms with Gasteiger partial charge in [-0.1, -0.05) is 0 Å². The molecule has 5 nitrogen and oxygen atoms in total. The largest absolute Gasteiger partial charge is 0.481 e. The molecule has 0 radical (unpaired) electrons. The smallest absolute Gasteiger partial charge is 0.319 e. The van der Waals surface area contributed by atoms with Gasteiger partial charge in [0.25, 0.3) is 0 Å². The summed E-state index contributed by atoms with van der Waals surface area (Å²) in [5.74, 6) is -2.09. The highest BCUT2D eigenvalue weighted by atomic mass is 16.6. The number of carboxylic acids is 1. The van der Waals surface area contributed by atoms with Gasteiger partial charge in [0.15, 0.2) is 0 Å². The summed E-state index contributed by atoms with van der Waals surface area (Å²) in [6.45, 7) is 7.78. The fourth-order valence-electron chi connectivity index (χ4n) is 1.17. The zero-order chi connectivity index (χ0) is 13.9. The second-order valence-corrected chi connectivity index (χ2v) is 5.28. The number of hydrogen-bond acceptors (Lipinski definition) is 4. The van der Waals surface area contributed by atoms with E-state index < -0.39 is 23.0 Å². The Bertz CT molecular complexity index is 326. The zero-order valence-electron chi connectivity index (χ0n) is 11.0. The molecule has 0 amide bonds. The third-order valence-corrected chi connectivity index (χ3v) is 2.47. The van der Waals surface area contributed by atoms with E-state index in [4.69, 9.17) is 9.84 Å². The van der Waals surface area contributed by atoms with E-state index in [1.165, 1.54) is 13.8 Å². The first-order valence-corrected chi connectivity index (χ1v) is 5.45. The predicted octanol–water partition coefficient (Wildman–Crippen LogP) is 1.79. The highest BCUT2D eigenvalue weighted by Crippen LogP contribution is 2.28. The van der Waals surface area contributed by atoms with Crippen LogP contribution in [0.4, 0.5) is 0 Å². The van der Waals surface area contributed by atoms with E-state index >= 15 is 0 Å². The predicted molar refractivity (Wildman–Crippen MR) is 61.5 cm³/mol. The standard InChI is InChI=1S/C12H20O5/c1-8(13)12(5,7-6-9(14)15)10(16)17-11(2,3)4/h6-7H2,1-5H3,(H,14,15)/t12-/m1/s1. The number of esters is 1. The van der Waals surface area contributed by atoms with Gasteiger partial charge in [0.05, 0.1) is 0 Å². The Morgan fingerprint density at radius 3 is 1.88 bits per heavy atom. The van der Waals surface area contributed by atoms with Gasteiger partial charge in [-0.2, -0.15) is 0 Å². The van der Waals surface area contributed by atoms with Crippen molar-refractivity contribution in [2.45, 2.75) is 53.1 Å². The van der Waals surface area contributed by atoms with Gasteiger partial charge in [-0.15, -0.1) is 0 Å². The molecule has 0 spiro atoms. The van der Waals surface area contributed by atoms with Gasteiger partial charge in [-0.3, -0.25) is 14.4 Å². The van der Waals surface area contributed by atoms with Crippen molar-refractivity contribution in [3.05, 3.63) is 0 Å². The van der Waals surface area contributed by atoms with E-state index in [-0.39, 0.29) is 18.6 Å². The summed E-state index contributed by atoms with van der Waals surface area (Å²) < 4.78 is 5.14. The van der Waals surface area contributed by atoms with Crippen molar-refractivity contribution < 1.29 is 24.2 Å². The molecule has 0 saturated carbocycles. The number of rotatable bonds is 5. The lowest BCUT2D eigenvalue weighted by atomic mass is 9.81. The van der Waals surface area contributed by atoms with Crippen molar-refractivity contribution >= 4 is 17.7 Å². The molecule has 1 atom stereocenters. The maximum Gasteiger partial charge on any atom is 0.319 e. The van der Waals surface area contributed by atoms with E-state index in [1.54, 1.807) is 20.8 Å². The Morgan fingerprint density at radius 1 is 1.12 bits per heavy atom. The normalized spacial score (nSPS) is 14.9. The lowest BCUT2D eigenvalue weighted by Gasteiger charge is -2.29. The van der Waals surface area contributed by atoms with Crippen LogP contribution < -0.4 is 0 Å². The third kappa shape index (κ3) is 4.97. The summed E-state index contributed by atoms with van der Waals surface area (Å²) in [7, 11) is 0. The summed E-state index contributed by atoms with van der Waals surface area (Å²) in [5.41, 5.74) is -2.08. The van der Waals surface area contributed by atoms with Gasteiger partial charge in [0, 0.05) is 6.42 Å². The highest BCUT2D eigenvalue weighted by Gasteiger charge is 2.41. The Kier molecular flexibility index (Phi) is 4.86. The van der Waals surface area contributed by atoms with Crippen LogP contribution in [0, 0.1) is 5.41 Å². The molecule has 0 fully saturated rings. The number of aliphatic carboxylic acids is 1. The maximum absolute atomic E-state index is 11.9. The minimum Gasteiger partial charge on any atom is -0.481 e. The molecule has 5 heteroatoms. The summed E-state index contributed by atoms with van der Waals surface area (Å²) in [6.07, 6.45) is -0.290. The van der Waals surface area contributed by atoms with Crippen molar-refractivity contribution in [2.75, 3.05) is 0 Å². The van der Waals surface area contributed by atoms with Gasteiger partial charge >= 0.3 is 11.9 Å². The van der Waals surface area contributed by atoms with Crippen LogP contribution in [0.15, 0.2) is 0 Å². The number of hydrogen-bond donors (Lipinski definition) is 1. The molecule has 0 bridgehead atoms. The highest BCUT2D eigenvalue weighted by molar-refractivity contribution is 6.02. The lowest BCUT2D eigenvalue weighted by molar-refractivity contribution is -0.169. The van der Waals surface area contributed by atoms with Gasteiger partial charge in [0.2, 0.25) is 0 Å². The Hall–Kier alpha value is -1.39. The molecule has 0 heterocycles. The quantitative estimate of drug-likeness (QED) is 0.589. The number of carbonyl (C=O) groups is 3. The molecule has 0 aromatic rings.